The van der Waals surface area contributed by atoms with Crippen molar-refractivity contribution in [3.8, 4) is 23.8 Å². The number of hydrogen-bond donors (Lipinski definition) is 1. The molecule has 26 heavy (non-hydrogen) atoms. The summed E-state index contributed by atoms with van der Waals surface area (Å²) in [5, 5.41) is 8.65. The Hall–Kier alpha value is -3.05. The minimum Gasteiger partial charge on any atom is -0.406 e. The second kappa shape index (κ2) is 6.04. The molecule has 0 aliphatic carbocycles. The lowest BCUT2D eigenvalue weighted by Crippen LogP contribution is -2.40. The molecule has 0 atom stereocenters. The lowest BCUT2D eigenvalue weighted by Gasteiger charge is -2.25. The van der Waals surface area contributed by atoms with Crippen LogP contribution in [0.5, 0.6) is 5.75 Å². The van der Waals surface area contributed by atoms with Crippen LogP contribution in [0.2, 0.25) is 0 Å². The molecule has 1 aliphatic rings. The van der Waals surface area contributed by atoms with Crippen LogP contribution in [-0.4, -0.2) is 34.2 Å². The van der Waals surface area contributed by atoms with Gasteiger partial charge in [0, 0.05) is 30.8 Å². The molecule has 1 aliphatic heterocycles. The van der Waals surface area contributed by atoms with Crippen molar-refractivity contribution in [3.05, 3.63) is 47.8 Å². The van der Waals surface area contributed by atoms with Crippen LogP contribution in [0.1, 0.15) is 17.2 Å². The van der Waals surface area contributed by atoms with Crippen molar-refractivity contribution in [2.75, 3.05) is 13.1 Å². The summed E-state index contributed by atoms with van der Waals surface area (Å²) in [6.45, 7) is 1.59. The molecule has 0 radical (unpaired) electrons. The second-order valence-electron chi connectivity index (χ2n) is 5.90. The highest BCUT2D eigenvalue weighted by molar-refractivity contribution is 5.86. The van der Waals surface area contributed by atoms with Gasteiger partial charge in [-0.2, -0.15) is 5.10 Å². The molecule has 4 rings (SSSR count). The zero-order chi connectivity index (χ0) is 18.3. The zero-order valence-corrected chi connectivity index (χ0v) is 13.4. The maximum Gasteiger partial charge on any atom is 0.573 e. The predicted octanol–water partition coefficient (Wildman–Crippen LogP) is 2.99. The van der Waals surface area contributed by atoms with Crippen molar-refractivity contribution < 1.29 is 17.9 Å². The third-order valence-electron chi connectivity index (χ3n) is 4.23. The first-order valence-electron chi connectivity index (χ1n) is 7.87. The van der Waals surface area contributed by atoms with Crippen LogP contribution in [0, 0.1) is 12.3 Å². The highest BCUT2D eigenvalue weighted by Gasteiger charge is 2.31. The molecule has 0 amide bonds. The summed E-state index contributed by atoms with van der Waals surface area (Å²) in [7, 11) is 0. The van der Waals surface area contributed by atoms with E-state index < -0.39 is 6.36 Å². The number of halogens is 3. The van der Waals surface area contributed by atoms with Gasteiger partial charge < -0.3 is 10.1 Å². The third-order valence-corrected chi connectivity index (χ3v) is 4.23. The Labute approximate surface area is 146 Å². The van der Waals surface area contributed by atoms with E-state index in [2.05, 4.69) is 26.1 Å². The van der Waals surface area contributed by atoms with Crippen LogP contribution in [-0.2, 0) is 0 Å². The van der Waals surface area contributed by atoms with Crippen LogP contribution >= 0.6 is 0 Å². The zero-order valence-electron chi connectivity index (χ0n) is 13.4. The Bertz CT molecular complexity index is 998. The standard InChI is InChI=1S/C18H13F3N4O/c1-2-11-7-8-23-17-15(11)16(12-9-22-10-12)24-25(17)13-3-5-14(6-4-13)26-18(19,20)21/h1,3-8,12,22H,9-10H2. The van der Waals surface area contributed by atoms with Gasteiger partial charge in [-0.15, -0.1) is 19.6 Å². The van der Waals surface area contributed by atoms with Gasteiger partial charge in [0.05, 0.1) is 16.8 Å². The average molecular weight is 358 g/mol. The molecule has 132 valence electrons. The predicted molar refractivity (Wildman–Crippen MR) is 89.1 cm³/mol. The van der Waals surface area contributed by atoms with Crippen LogP contribution < -0.4 is 10.1 Å². The van der Waals surface area contributed by atoms with Crippen molar-refractivity contribution in [2.45, 2.75) is 12.3 Å². The normalized spacial score (nSPS) is 14.8. The topological polar surface area (TPSA) is 52.0 Å². The van der Waals surface area contributed by atoms with E-state index in [0.29, 0.717) is 16.9 Å². The highest BCUT2D eigenvalue weighted by atomic mass is 19.4. The minimum absolute atomic E-state index is 0.225. The molecule has 1 aromatic carbocycles. The van der Waals surface area contributed by atoms with Crippen molar-refractivity contribution in [1.29, 1.82) is 0 Å². The van der Waals surface area contributed by atoms with Gasteiger partial charge in [-0.3, -0.25) is 0 Å². The molecule has 1 N–H and O–H groups in total. The number of rotatable bonds is 3. The van der Waals surface area contributed by atoms with Gasteiger partial charge >= 0.3 is 6.36 Å². The summed E-state index contributed by atoms with van der Waals surface area (Å²) in [4.78, 5) is 4.38. The van der Waals surface area contributed by atoms with Crippen LogP contribution in [0.3, 0.4) is 0 Å². The molecule has 3 heterocycles. The van der Waals surface area contributed by atoms with Crippen molar-refractivity contribution >= 4 is 11.0 Å². The Morgan fingerprint density at radius 1 is 1.19 bits per heavy atom. The molecule has 8 heteroatoms. The number of fused-ring (bicyclic) bond motifs is 1. The van der Waals surface area contributed by atoms with E-state index >= 15 is 0 Å². The van der Waals surface area contributed by atoms with E-state index in [0.717, 1.165) is 24.2 Å². The Morgan fingerprint density at radius 2 is 1.92 bits per heavy atom. The van der Waals surface area contributed by atoms with Crippen molar-refractivity contribution in [1.82, 2.24) is 20.1 Å². The van der Waals surface area contributed by atoms with E-state index in [1.165, 1.54) is 24.3 Å². The van der Waals surface area contributed by atoms with Crippen LogP contribution in [0.4, 0.5) is 13.2 Å². The highest BCUT2D eigenvalue weighted by Crippen LogP contribution is 2.31. The van der Waals surface area contributed by atoms with Crippen molar-refractivity contribution in [3.63, 3.8) is 0 Å². The Balaban J connectivity index is 1.81. The molecule has 0 unspecified atom stereocenters. The fourth-order valence-electron chi connectivity index (χ4n) is 2.93. The fourth-order valence-corrected chi connectivity index (χ4v) is 2.93. The summed E-state index contributed by atoms with van der Waals surface area (Å²) in [6.07, 6.45) is 2.49. The van der Waals surface area contributed by atoms with E-state index in [1.807, 2.05) is 0 Å². The molecule has 1 saturated heterocycles. The SMILES string of the molecule is C#Cc1ccnc2c1c(C1CNC1)nn2-c1ccc(OC(F)(F)F)cc1. The maximum atomic E-state index is 12.3. The molecule has 1 fully saturated rings. The number of hydrogen-bond acceptors (Lipinski definition) is 4. The Morgan fingerprint density at radius 3 is 2.50 bits per heavy atom. The fraction of sp³-hybridized carbons (Fsp3) is 0.222. The van der Waals surface area contributed by atoms with Gasteiger partial charge in [0.2, 0.25) is 0 Å². The summed E-state index contributed by atoms with van der Waals surface area (Å²) < 4.78 is 42.5. The molecule has 0 spiro atoms. The first-order valence-corrected chi connectivity index (χ1v) is 7.87. The number of nitrogens with one attached hydrogen (secondary N) is 1. The number of ether oxygens (including phenoxy) is 1. The summed E-state index contributed by atoms with van der Waals surface area (Å²) >= 11 is 0. The number of pyridine rings is 1. The van der Waals surface area contributed by atoms with Gasteiger partial charge in [0.15, 0.2) is 5.65 Å². The van der Waals surface area contributed by atoms with E-state index in [9.17, 15) is 13.2 Å². The van der Waals surface area contributed by atoms with E-state index in [-0.39, 0.29) is 11.7 Å². The smallest absolute Gasteiger partial charge is 0.406 e. The van der Waals surface area contributed by atoms with E-state index in [1.54, 1.807) is 16.9 Å². The van der Waals surface area contributed by atoms with Crippen molar-refractivity contribution in [2.24, 2.45) is 0 Å². The molecule has 0 saturated carbocycles. The van der Waals surface area contributed by atoms with E-state index in [4.69, 9.17) is 6.42 Å². The molecular weight excluding hydrogens is 345 g/mol. The minimum atomic E-state index is -4.73. The molecular formula is C18H13F3N4O. The van der Waals surface area contributed by atoms with Gasteiger partial charge in [-0.05, 0) is 30.3 Å². The number of nitrogens with zero attached hydrogens (tertiary/aromatic N) is 3. The largest absolute Gasteiger partial charge is 0.573 e. The lowest BCUT2D eigenvalue weighted by atomic mass is 9.95. The lowest BCUT2D eigenvalue weighted by molar-refractivity contribution is -0.274. The number of terminal acetylenes is 1. The second-order valence-corrected chi connectivity index (χ2v) is 5.90. The summed E-state index contributed by atoms with van der Waals surface area (Å²) in [6, 6.07) is 7.24. The third kappa shape index (κ3) is 2.86. The van der Waals surface area contributed by atoms with Gasteiger partial charge in [-0.1, -0.05) is 5.92 Å². The van der Waals surface area contributed by atoms with Crippen LogP contribution in [0.15, 0.2) is 36.5 Å². The van der Waals surface area contributed by atoms with Gasteiger partial charge in [0.1, 0.15) is 5.75 Å². The first-order chi connectivity index (χ1) is 12.5. The maximum absolute atomic E-state index is 12.3. The average Bonchev–Trinajstić information content (AvgIpc) is 2.92. The van der Waals surface area contributed by atoms with Gasteiger partial charge in [-0.25, -0.2) is 9.67 Å². The number of aromatic nitrogens is 3. The van der Waals surface area contributed by atoms with Crippen LogP contribution in [0.25, 0.3) is 16.7 Å². The Kier molecular flexibility index (Phi) is 3.81. The molecule has 3 aromatic rings. The molecule has 5 nitrogen and oxygen atoms in total. The van der Waals surface area contributed by atoms with Gasteiger partial charge in [0.25, 0.3) is 0 Å². The molecule has 2 aromatic heterocycles. The number of benzene rings is 1. The quantitative estimate of drug-likeness (QED) is 0.732. The monoisotopic (exact) mass is 358 g/mol. The first kappa shape index (κ1) is 16.4. The summed E-state index contributed by atoms with van der Waals surface area (Å²) in [5.74, 6) is 2.59. The summed E-state index contributed by atoms with van der Waals surface area (Å²) in [5.41, 5.74) is 2.69. The molecule has 0 bridgehead atoms. The number of alkyl halides is 3.